The lowest BCUT2D eigenvalue weighted by Gasteiger charge is -2.24. The van der Waals surface area contributed by atoms with Crippen molar-refractivity contribution in [2.24, 2.45) is 5.14 Å². The van der Waals surface area contributed by atoms with Crippen molar-refractivity contribution in [2.45, 2.75) is 36.6 Å². The molecular formula is C34H33N3O6S. The first-order valence-corrected chi connectivity index (χ1v) is 15.9. The van der Waals surface area contributed by atoms with Gasteiger partial charge in [0.15, 0.2) is 0 Å². The van der Waals surface area contributed by atoms with E-state index in [2.05, 4.69) is 11.4 Å². The molecule has 1 unspecified atom stereocenters. The van der Waals surface area contributed by atoms with Crippen LogP contribution >= 0.6 is 0 Å². The third-order valence-corrected chi connectivity index (χ3v) is 8.79. The zero-order chi connectivity index (χ0) is 31.3. The fraction of sp³-hybridized carbons (Fsp3) is 0.206. The number of amides is 2. The number of aryl methyl sites for hydroxylation is 1. The molecule has 0 radical (unpaired) electrons. The summed E-state index contributed by atoms with van der Waals surface area (Å²) in [5, 5.41) is 17.7. The molecule has 0 bridgehead atoms. The monoisotopic (exact) mass is 611 g/mol. The number of primary sulfonamides is 1. The first-order valence-electron chi connectivity index (χ1n) is 14.3. The van der Waals surface area contributed by atoms with Crippen LogP contribution in [-0.2, 0) is 27.7 Å². The summed E-state index contributed by atoms with van der Waals surface area (Å²) >= 11 is 0. The molecule has 0 saturated heterocycles. The Hall–Kier alpha value is -4.80. The molecule has 1 atom stereocenters. The second kappa shape index (κ2) is 13.2. The van der Waals surface area contributed by atoms with Crippen LogP contribution in [0, 0.1) is 0 Å². The SMILES string of the molecule is NS(=O)(=O)c1ccc(CCN(CCC(=O)O)C(=O)c2ccccc2-c2ccccc2C(=O)NC2CCc3ccccc32)cc1. The molecule has 1 aliphatic carbocycles. The summed E-state index contributed by atoms with van der Waals surface area (Å²) < 4.78 is 23.2. The molecule has 0 heterocycles. The Bertz CT molecular complexity index is 1800. The van der Waals surface area contributed by atoms with Crippen molar-refractivity contribution in [1.82, 2.24) is 10.2 Å². The van der Waals surface area contributed by atoms with Crippen LogP contribution in [0.1, 0.15) is 56.3 Å². The van der Waals surface area contributed by atoms with Crippen LogP contribution in [0.3, 0.4) is 0 Å². The van der Waals surface area contributed by atoms with E-state index in [1.165, 1.54) is 22.6 Å². The minimum atomic E-state index is -3.84. The number of nitrogens with zero attached hydrogens (tertiary/aromatic N) is 1. The molecule has 2 amide bonds. The van der Waals surface area contributed by atoms with Gasteiger partial charge in [-0.15, -0.1) is 0 Å². The van der Waals surface area contributed by atoms with Crippen LogP contribution < -0.4 is 10.5 Å². The van der Waals surface area contributed by atoms with Crippen LogP contribution in [-0.4, -0.2) is 49.3 Å². The number of carboxylic acids is 1. The van der Waals surface area contributed by atoms with Crippen molar-refractivity contribution in [3.05, 3.63) is 125 Å². The summed E-state index contributed by atoms with van der Waals surface area (Å²) in [6.07, 6.45) is 1.81. The molecule has 5 rings (SSSR count). The van der Waals surface area contributed by atoms with Crippen LogP contribution in [0.25, 0.3) is 11.1 Å². The van der Waals surface area contributed by atoms with Gasteiger partial charge in [0.1, 0.15) is 0 Å². The number of rotatable bonds is 11. The molecule has 4 aromatic carbocycles. The molecule has 9 nitrogen and oxygen atoms in total. The van der Waals surface area contributed by atoms with Crippen LogP contribution in [0.2, 0.25) is 0 Å². The summed E-state index contributed by atoms with van der Waals surface area (Å²) in [4.78, 5) is 40.5. The number of carbonyl (C=O) groups is 3. The van der Waals surface area contributed by atoms with Crippen molar-refractivity contribution >= 4 is 27.8 Å². The second-order valence-corrected chi connectivity index (χ2v) is 12.3. The summed E-state index contributed by atoms with van der Waals surface area (Å²) in [5.41, 5.74) is 5.03. The number of aliphatic carboxylic acids is 1. The average Bonchev–Trinajstić information content (AvgIpc) is 3.43. The molecule has 4 aromatic rings. The van der Waals surface area contributed by atoms with Crippen molar-refractivity contribution in [1.29, 1.82) is 0 Å². The predicted molar refractivity (Wildman–Crippen MR) is 167 cm³/mol. The van der Waals surface area contributed by atoms with Gasteiger partial charge in [-0.3, -0.25) is 14.4 Å². The Kier molecular flexibility index (Phi) is 9.22. The summed E-state index contributed by atoms with van der Waals surface area (Å²) in [6.45, 7) is 0.166. The third kappa shape index (κ3) is 7.04. The zero-order valence-electron chi connectivity index (χ0n) is 24.0. The van der Waals surface area contributed by atoms with Gasteiger partial charge in [0, 0.05) is 24.2 Å². The van der Waals surface area contributed by atoms with Gasteiger partial charge in [-0.05, 0) is 71.3 Å². The fourth-order valence-electron chi connectivity index (χ4n) is 5.59. The van der Waals surface area contributed by atoms with E-state index in [1.54, 1.807) is 54.6 Å². The summed E-state index contributed by atoms with van der Waals surface area (Å²) in [6, 6.07) is 28.1. The van der Waals surface area contributed by atoms with E-state index in [0.29, 0.717) is 28.7 Å². The predicted octanol–water partition coefficient (Wildman–Crippen LogP) is 4.58. The average molecular weight is 612 g/mol. The van der Waals surface area contributed by atoms with E-state index in [9.17, 15) is 27.9 Å². The van der Waals surface area contributed by atoms with Gasteiger partial charge in [0.05, 0.1) is 17.4 Å². The minimum Gasteiger partial charge on any atom is -0.481 e. The normalized spacial score (nSPS) is 14.1. The van der Waals surface area contributed by atoms with Gasteiger partial charge in [-0.2, -0.15) is 0 Å². The van der Waals surface area contributed by atoms with E-state index in [4.69, 9.17) is 5.14 Å². The lowest BCUT2D eigenvalue weighted by Crippen LogP contribution is -2.35. The number of hydrogen-bond donors (Lipinski definition) is 3. The van der Waals surface area contributed by atoms with Crippen molar-refractivity contribution in [2.75, 3.05) is 13.1 Å². The van der Waals surface area contributed by atoms with Gasteiger partial charge in [0.25, 0.3) is 11.8 Å². The van der Waals surface area contributed by atoms with Crippen molar-refractivity contribution in [3.8, 4) is 11.1 Å². The standard InChI is InChI=1S/C34H33N3O6S/c35-44(42,43)25-16-13-23(14-17-25)19-21-37(22-20-32(38)39)34(41)30-12-6-4-10-28(30)27-9-3-5-11-29(27)33(40)36-31-18-15-24-7-1-2-8-26(24)31/h1-14,16-17,31H,15,18-22H2,(H,36,40)(H,38,39)(H2,35,42,43). The molecule has 0 fully saturated rings. The second-order valence-electron chi connectivity index (χ2n) is 10.7. The lowest BCUT2D eigenvalue weighted by molar-refractivity contribution is -0.137. The van der Waals surface area contributed by atoms with Gasteiger partial charge in [0.2, 0.25) is 10.0 Å². The van der Waals surface area contributed by atoms with Gasteiger partial charge >= 0.3 is 5.97 Å². The Balaban J connectivity index is 1.40. The van der Waals surface area contributed by atoms with E-state index in [-0.39, 0.29) is 42.3 Å². The van der Waals surface area contributed by atoms with E-state index < -0.39 is 16.0 Å². The summed E-state index contributed by atoms with van der Waals surface area (Å²) in [7, 11) is -3.84. The van der Waals surface area contributed by atoms with E-state index >= 15 is 0 Å². The van der Waals surface area contributed by atoms with Gasteiger partial charge in [-0.25, -0.2) is 13.6 Å². The summed E-state index contributed by atoms with van der Waals surface area (Å²) in [5.74, 6) is -1.65. The van der Waals surface area contributed by atoms with E-state index in [0.717, 1.165) is 24.0 Å². The molecule has 0 spiro atoms. The molecule has 44 heavy (non-hydrogen) atoms. The number of fused-ring (bicyclic) bond motifs is 1. The molecule has 4 N–H and O–H groups in total. The Morgan fingerprint density at radius 1 is 0.818 bits per heavy atom. The van der Waals surface area contributed by atoms with Crippen molar-refractivity contribution in [3.63, 3.8) is 0 Å². The first-order chi connectivity index (χ1) is 21.1. The van der Waals surface area contributed by atoms with Crippen LogP contribution in [0.15, 0.2) is 102 Å². The van der Waals surface area contributed by atoms with Crippen LogP contribution in [0.5, 0.6) is 0 Å². The van der Waals surface area contributed by atoms with Gasteiger partial charge in [-0.1, -0.05) is 72.8 Å². The number of nitrogens with one attached hydrogen (secondary N) is 1. The molecule has 1 aliphatic rings. The topological polar surface area (TPSA) is 147 Å². The van der Waals surface area contributed by atoms with Crippen LogP contribution in [0.4, 0.5) is 0 Å². The van der Waals surface area contributed by atoms with Crippen molar-refractivity contribution < 1.29 is 27.9 Å². The quantitative estimate of drug-likeness (QED) is 0.226. The molecule has 0 saturated carbocycles. The highest BCUT2D eigenvalue weighted by molar-refractivity contribution is 7.89. The number of carboxylic acid groups (broad SMARTS) is 1. The minimum absolute atomic E-state index is 0.0196. The highest BCUT2D eigenvalue weighted by atomic mass is 32.2. The molecule has 10 heteroatoms. The molecule has 0 aromatic heterocycles. The third-order valence-electron chi connectivity index (χ3n) is 7.86. The largest absolute Gasteiger partial charge is 0.481 e. The molecule has 0 aliphatic heterocycles. The Labute approximate surface area is 256 Å². The number of hydrogen-bond acceptors (Lipinski definition) is 5. The zero-order valence-corrected chi connectivity index (χ0v) is 24.8. The Morgan fingerprint density at radius 3 is 2.11 bits per heavy atom. The molecule has 226 valence electrons. The fourth-order valence-corrected chi connectivity index (χ4v) is 6.10. The maximum Gasteiger partial charge on any atom is 0.305 e. The number of benzene rings is 4. The number of sulfonamides is 1. The lowest BCUT2D eigenvalue weighted by atomic mass is 9.94. The highest BCUT2D eigenvalue weighted by Crippen LogP contribution is 2.33. The maximum atomic E-state index is 14.0. The number of nitrogens with two attached hydrogens (primary N) is 1. The first kappa shape index (κ1) is 30.7. The van der Waals surface area contributed by atoms with Gasteiger partial charge < -0.3 is 15.3 Å². The number of carbonyl (C=O) groups excluding carboxylic acids is 2. The highest BCUT2D eigenvalue weighted by Gasteiger charge is 2.26. The maximum absolute atomic E-state index is 14.0. The smallest absolute Gasteiger partial charge is 0.305 e. The Morgan fingerprint density at radius 2 is 1.43 bits per heavy atom. The molecular weight excluding hydrogens is 578 g/mol. The van der Waals surface area contributed by atoms with E-state index in [1.807, 2.05) is 24.3 Å².